The Morgan fingerprint density at radius 3 is 0.936 bits per heavy atom. The summed E-state index contributed by atoms with van der Waals surface area (Å²) >= 11 is 1.88. The quantitative estimate of drug-likeness (QED) is 0.0563. The fourth-order valence-electron chi connectivity index (χ4n) is 22.1. The lowest BCUT2D eigenvalue weighted by Gasteiger charge is -2.35. The molecule has 26 rings (SSSR count). The summed E-state index contributed by atoms with van der Waals surface area (Å²) in [6, 6.07) is 205. The van der Waals surface area contributed by atoms with Crippen molar-refractivity contribution in [1.29, 1.82) is 0 Å². The number of hydrogen-bond acceptors (Lipinski definition) is 4. The third-order valence-electron chi connectivity index (χ3n) is 28.3. The van der Waals surface area contributed by atoms with Gasteiger partial charge in [0.1, 0.15) is 11.2 Å². The Morgan fingerprint density at radius 1 is 0.186 bits per heavy atom. The van der Waals surface area contributed by atoms with Crippen LogP contribution in [0, 0.1) is 0 Å². The Morgan fingerprint density at radius 2 is 0.500 bits per heavy atom. The minimum Gasteiger partial charge on any atom is -0.456 e. The molecule has 0 aliphatic heterocycles. The maximum atomic E-state index is 6.33. The number of furan rings is 1. The van der Waals surface area contributed by atoms with Gasteiger partial charge in [-0.1, -0.05) is 413 Å². The van der Waals surface area contributed by atoms with Crippen molar-refractivity contribution in [3.63, 3.8) is 0 Å². The molecule has 0 atom stereocenters. The van der Waals surface area contributed by atoms with Crippen LogP contribution in [0.2, 0.25) is 0 Å². The van der Waals surface area contributed by atoms with Crippen molar-refractivity contribution in [2.24, 2.45) is 0 Å². The molecular formula is C132H92N4OSSi2. The predicted octanol–water partition coefficient (Wildman–Crippen LogP) is 30.2. The molecule has 0 unspecified atom stereocenters. The summed E-state index contributed by atoms with van der Waals surface area (Å²) in [6.07, 6.45) is 0. The summed E-state index contributed by atoms with van der Waals surface area (Å²) < 4.78 is 13.8. The Hall–Kier alpha value is -17.5. The third kappa shape index (κ3) is 14.8. The van der Waals surface area contributed by atoms with Crippen LogP contribution in [0.15, 0.2) is 563 Å². The van der Waals surface area contributed by atoms with Gasteiger partial charge in [0.2, 0.25) is 0 Å². The number of benzene rings is 22. The summed E-state index contributed by atoms with van der Waals surface area (Å²) in [5.74, 6) is 0. The van der Waals surface area contributed by atoms with Crippen LogP contribution in [0.4, 0.5) is 34.1 Å². The van der Waals surface area contributed by atoms with Crippen molar-refractivity contribution >= 4 is 189 Å². The molecule has 660 valence electrons. The molecule has 0 N–H and O–H groups in total. The lowest BCUT2D eigenvalue weighted by atomic mass is 9.98. The third-order valence-corrected chi connectivity index (χ3v) is 39.1. The van der Waals surface area contributed by atoms with Crippen LogP contribution < -0.4 is 51.3 Å². The highest BCUT2D eigenvalue weighted by atomic mass is 32.1. The first-order valence-electron chi connectivity index (χ1n) is 48.0. The van der Waals surface area contributed by atoms with Crippen molar-refractivity contribution in [1.82, 2.24) is 9.13 Å². The fraction of sp³-hybridized carbons (Fsp3) is 0. The van der Waals surface area contributed by atoms with Crippen molar-refractivity contribution in [2.45, 2.75) is 0 Å². The van der Waals surface area contributed by atoms with E-state index in [0.29, 0.717) is 0 Å². The van der Waals surface area contributed by atoms with Gasteiger partial charge in [0.05, 0.1) is 22.1 Å². The van der Waals surface area contributed by atoms with Crippen LogP contribution in [0.1, 0.15) is 0 Å². The molecule has 5 nitrogen and oxygen atoms in total. The molecule has 22 aromatic carbocycles. The first-order chi connectivity index (χ1) is 69.5. The van der Waals surface area contributed by atoms with Gasteiger partial charge >= 0.3 is 0 Å². The molecule has 140 heavy (non-hydrogen) atoms. The van der Waals surface area contributed by atoms with Gasteiger partial charge in [-0.05, 0) is 232 Å². The second-order valence-corrected chi connectivity index (χ2v) is 44.7. The highest BCUT2D eigenvalue weighted by Gasteiger charge is 2.43. The second kappa shape index (κ2) is 36.3. The molecule has 0 saturated carbocycles. The molecule has 0 amide bonds. The Kier molecular flexibility index (Phi) is 21.8. The zero-order chi connectivity index (χ0) is 92.9. The zero-order valence-electron chi connectivity index (χ0n) is 76.7. The van der Waals surface area contributed by atoms with E-state index in [-0.39, 0.29) is 0 Å². The summed E-state index contributed by atoms with van der Waals surface area (Å²) in [5.41, 5.74) is 24.8. The molecule has 0 aliphatic rings. The van der Waals surface area contributed by atoms with Crippen LogP contribution in [0.3, 0.4) is 0 Å². The average Bonchev–Trinajstić information content (AvgIpc) is 1.16. The maximum Gasteiger partial charge on any atom is 0.179 e. The topological polar surface area (TPSA) is 29.5 Å². The standard InChI is InChI=1S/C66H46N2OSi.C66H46N2SSi/c1-5-20-50(21-6-1)68-62-32-15-13-30-61(62)66-58(31-18-33-63(66)68)49-19-17-22-53(45-49)67(51-38-35-47(36-39-51)48-37-44-60-59-29-14-16-34-64(59)69-65(60)46-48)52-40-42-57(43-41-52)70(54-23-7-2-8-24-54,55-25-9-3-10-26-55)56-27-11-4-12-28-56;1-5-21-49(22-6-1)68-62-35-15-13-31-61(62)65-57(32-19-36-63(65)68)48-20-17-23-52(46-48)67(50-40-38-47(39-41-50)58-33-18-34-60-59-30-14-16-37-64(59)69-66(58)60)51-42-44-56(45-43-51)70(53-24-7-2-8-25-53,54-26-9-3-10-27-54)55-28-11-4-12-29-55/h2*1-46H. The van der Waals surface area contributed by atoms with Gasteiger partial charge in [-0.2, -0.15) is 0 Å². The summed E-state index contributed by atoms with van der Waals surface area (Å²) in [4.78, 5) is 4.84. The number of aromatic nitrogens is 2. The number of hydrogen-bond donors (Lipinski definition) is 0. The summed E-state index contributed by atoms with van der Waals surface area (Å²) in [6.45, 7) is 0. The maximum absolute atomic E-state index is 6.33. The van der Waals surface area contributed by atoms with Crippen LogP contribution in [0.5, 0.6) is 0 Å². The van der Waals surface area contributed by atoms with Gasteiger partial charge in [0.15, 0.2) is 16.1 Å². The number of nitrogens with zero attached hydrogens (tertiary/aromatic N) is 4. The van der Waals surface area contributed by atoms with Gasteiger partial charge in [-0.3, -0.25) is 0 Å². The smallest absolute Gasteiger partial charge is 0.179 e. The molecule has 4 aromatic heterocycles. The number of para-hydroxylation sites is 5. The highest BCUT2D eigenvalue weighted by Crippen LogP contribution is 2.47. The minimum absolute atomic E-state index is 0.893. The normalized spacial score (nSPS) is 11.7. The van der Waals surface area contributed by atoms with Gasteiger partial charge < -0.3 is 23.4 Å². The van der Waals surface area contributed by atoms with E-state index < -0.39 is 16.1 Å². The lowest BCUT2D eigenvalue weighted by molar-refractivity contribution is 0.669. The van der Waals surface area contributed by atoms with Gasteiger partial charge in [0, 0.05) is 98.0 Å². The lowest BCUT2D eigenvalue weighted by Crippen LogP contribution is -2.74. The van der Waals surface area contributed by atoms with E-state index in [1.165, 1.54) is 128 Å². The van der Waals surface area contributed by atoms with E-state index in [4.69, 9.17) is 4.42 Å². The second-order valence-electron chi connectivity index (χ2n) is 36.0. The number of thiophene rings is 1. The molecule has 0 aliphatic carbocycles. The SMILES string of the molecule is c1ccc(-n2c3ccccc3c3c(-c4cccc(N(c5ccc(-c6ccc7c(c6)oc6ccccc67)cc5)c5ccc([Si](c6ccccc6)(c6ccccc6)c6ccccc6)cc5)c4)cccc32)cc1.c1ccc(-n2c3ccccc3c3c(-c4cccc(N(c5ccc(-c6cccc7c6sc6ccccc67)cc5)c5ccc([Si](c6ccccc6)(c6ccccc6)c6ccccc6)cc5)c4)cccc32)cc1. The molecule has 8 heteroatoms. The average molecular weight is 1840 g/mol. The Labute approximate surface area is 819 Å². The minimum atomic E-state index is -2.74. The predicted molar refractivity (Wildman–Crippen MR) is 600 cm³/mol. The van der Waals surface area contributed by atoms with Crippen molar-refractivity contribution in [2.75, 3.05) is 9.80 Å². The molecule has 0 radical (unpaired) electrons. The van der Waals surface area contributed by atoms with E-state index >= 15 is 0 Å². The molecule has 0 spiro atoms. The van der Waals surface area contributed by atoms with Crippen LogP contribution >= 0.6 is 11.3 Å². The van der Waals surface area contributed by atoms with E-state index in [1.54, 1.807) is 0 Å². The van der Waals surface area contributed by atoms with Crippen molar-refractivity contribution in [3.05, 3.63) is 558 Å². The fourth-order valence-corrected chi connectivity index (χ4v) is 32.8. The van der Waals surface area contributed by atoms with Gasteiger partial charge in [-0.25, -0.2) is 0 Å². The molecule has 0 bridgehead atoms. The van der Waals surface area contributed by atoms with Crippen LogP contribution in [-0.4, -0.2) is 25.3 Å². The first-order valence-corrected chi connectivity index (χ1v) is 52.8. The molecular weight excluding hydrogens is 1750 g/mol. The molecule has 0 fully saturated rings. The van der Waals surface area contributed by atoms with E-state index in [1.807, 2.05) is 23.5 Å². The summed E-state index contributed by atoms with van der Waals surface area (Å²) in [7, 11) is -5.48. The first kappa shape index (κ1) is 84.3. The van der Waals surface area contributed by atoms with E-state index in [9.17, 15) is 0 Å². The molecule has 0 saturated heterocycles. The molecule has 4 heterocycles. The highest BCUT2D eigenvalue weighted by molar-refractivity contribution is 7.26. The zero-order valence-corrected chi connectivity index (χ0v) is 79.5. The molecule has 26 aromatic rings. The van der Waals surface area contributed by atoms with Gasteiger partial charge in [-0.15, -0.1) is 11.3 Å². The van der Waals surface area contributed by atoms with E-state index in [0.717, 1.165) is 89.7 Å². The van der Waals surface area contributed by atoms with Crippen molar-refractivity contribution in [3.8, 4) is 55.9 Å². The van der Waals surface area contributed by atoms with Crippen LogP contribution in [-0.2, 0) is 0 Å². The number of rotatable bonds is 20. The Balaban J connectivity index is 0.000000148. The largest absolute Gasteiger partial charge is 0.456 e. The van der Waals surface area contributed by atoms with Crippen molar-refractivity contribution < 1.29 is 4.42 Å². The number of anilines is 6. The van der Waals surface area contributed by atoms with Gasteiger partial charge in [0.25, 0.3) is 0 Å². The Bertz CT molecular complexity index is 8820. The monoisotopic (exact) mass is 1840 g/mol. The van der Waals surface area contributed by atoms with E-state index in [2.05, 4.69) is 565 Å². The number of fused-ring (bicyclic) bond motifs is 12. The van der Waals surface area contributed by atoms with Crippen LogP contribution in [0.25, 0.3) is 142 Å². The summed E-state index contributed by atoms with van der Waals surface area (Å²) in [5, 5.41) is 20.6.